The summed E-state index contributed by atoms with van der Waals surface area (Å²) < 4.78 is 2.61. The second-order valence-electron chi connectivity index (χ2n) is 4.53. The van der Waals surface area contributed by atoms with Crippen molar-refractivity contribution in [2.24, 2.45) is 0 Å². The van der Waals surface area contributed by atoms with E-state index in [1.165, 1.54) is 0 Å². The number of carbonyl (C=O) groups is 1. The van der Waals surface area contributed by atoms with Gasteiger partial charge in [0.05, 0.1) is 5.69 Å². The van der Waals surface area contributed by atoms with Crippen LogP contribution in [0.4, 0.5) is 5.69 Å². The SMILES string of the molecule is CCc1nc2c(NC(=O)c3ccc(Br)cc3)cccn2n1. The van der Waals surface area contributed by atoms with Crippen LogP contribution in [0.15, 0.2) is 47.1 Å². The molecular formula is C15H13BrN4O. The largest absolute Gasteiger partial charge is 0.319 e. The fourth-order valence-electron chi connectivity index (χ4n) is 1.99. The second kappa shape index (κ2) is 5.65. The molecule has 0 saturated carbocycles. The predicted octanol–water partition coefficient (Wildman–Crippen LogP) is 3.31. The molecule has 1 N–H and O–H groups in total. The third-order valence-electron chi connectivity index (χ3n) is 3.08. The average molecular weight is 345 g/mol. The van der Waals surface area contributed by atoms with Gasteiger partial charge < -0.3 is 5.32 Å². The van der Waals surface area contributed by atoms with Crippen molar-refractivity contribution in [2.75, 3.05) is 5.32 Å². The lowest BCUT2D eigenvalue weighted by Crippen LogP contribution is -2.12. The minimum Gasteiger partial charge on any atom is -0.319 e. The van der Waals surface area contributed by atoms with Crippen molar-refractivity contribution in [3.05, 3.63) is 58.5 Å². The molecule has 0 bridgehead atoms. The summed E-state index contributed by atoms with van der Waals surface area (Å²) in [4.78, 5) is 16.7. The maximum atomic E-state index is 12.3. The van der Waals surface area contributed by atoms with Crippen LogP contribution in [0.5, 0.6) is 0 Å². The number of benzene rings is 1. The molecule has 0 aliphatic rings. The Morgan fingerprint density at radius 2 is 2.05 bits per heavy atom. The van der Waals surface area contributed by atoms with Gasteiger partial charge in [-0.25, -0.2) is 9.50 Å². The third-order valence-corrected chi connectivity index (χ3v) is 3.61. The van der Waals surface area contributed by atoms with Gasteiger partial charge in [0, 0.05) is 22.7 Å². The Bertz CT molecular complexity index is 795. The first kappa shape index (κ1) is 13.8. The number of amides is 1. The second-order valence-corrected chi connectivity index (χ2v) is 5.45. The van der Waals surface area contributed by atoms with Crippen LogP contribution in [0.3, 0.4) is 0 Å². The van der Waals surface area contributed by atoms with Crippen LogP contribution in [0.1, 0.15) is 23.1 Å². The number of nitrogens with zero attached hydrogens (tertiary/aromatic N) is 3. The molecule has 2 heterocycles. The van der Waals surface area contributed by atoms with E-state index in [4.69, 9.17) is 0 Å². The summed E-state index contributed by atoms with van der Waals surface area (Å²) in [5.41, 5.74) is 1.90. The molecule has 0 aliphatic carbocycles. The molecule has 3 rings (SSSR count). The molecule has 21 heavy (non-hydrogen) atoms. The van der Waals surface area contributed by atoms with E-state index in [9.17, 15) is 4.79 Å². The molecule has 6 heteroatoms. The van der Waals surface area contributed by atoms with Gasteiger partial charge in [-0.2, -0.15) is 5.10 Å². The molecule has 2 aromatic heterocycles. The summed E-state index contributed by atoms with van der Waals surface area (Å²) in [6.07, 6.45) is 2.57. The van der Waals surface area contributed by atoms with Gasteiger partial charge >= 0.3 is 0 Å². The maximum absolute atomic E-state index is 12.3. The van der Waals surface area contributed by atoms with E-state index in [0.717, 1.165) is 16.7 Å². The number of halogens is 1. The van der Waals surface area contributed by atoms with Crippen LogP contribution in [0.25, 0.3) is 5.65 Å². The van der Waals surface area contributed by atoms with Gasteiger partial charge in [0.25, 0.3) is 5.91 Å². The molecule has 0 fully saturated rings. The molecule has 5 nitrogen and oxygen atoms in total. The van der Waals surface area contributed by atoms with E-state index < -0.39 is 0 Å². The van der Waals surface area contributed by atoms with Gasteiger partial charge in [0.15, 0.2) is 11.5 Å². The van der Waals surface area contributed by atoms with Crippen LogP contribution in [-0.4, -0.2) is 20.5 Å². The molecule has 0 atom stereocenters. The zero-order valence-corrected chi connectivity index (χ0v) is 13.0. The molecule has 1 aromatic carbocycles. The van der Waals surface area contributed by atoms with Crippen LogP contribution in [-0.2, 0) is 6.42 Å². The lowest BCUT2D eigenvalue weighted by Gasteiger charge is -2.06. The van der Waals surface area contributed by atoms with Crippen molar-refractivity contribution in [3.8, 4) is 0 Å². The first-order valence-corrected chi connectivity index (χ1v) is 7.38. The number of fused-ring (bicyclic) bond motifs is 1. The van der Waals surface area contributed by atoms with E-state index in [0.29, 0.717) is 16.9 Å². The average Bonchev–Trinajstić information content (AvgIpc) is 2.92. The Hall–Kier alpha value is -2.21. The van der Waals surface area contributed by atoms with Gasteiger partial charge in [0.1, 0.15) is 0 Å². The third kappa shape index (κ3) is 2.80. The number of pyridine rings is 1. The van der Waals surface area contributed by atoms with Crippen molar-refractivity contribution in [1.82, 2.24) is 14.6 Å². The van der Waals surface area contributed by atoms with E-state index in [1.54, 1.807) is 16.6 Å². The van der Waals surface area contributed by atoms with E-state index in [1.807, 2.05) is 37.4 Å². The number of rotatable bonds is 3. The summed E-state index contributed by atoms with van der Waals surface area (Å²) in [5, 5.41) is 7.21. The number of aromatic nitrogens is 3. The lowest BCUT2D eigenvalue weighted by atomic mass is 10.2. The highest BCUT2D eigenvalue weighted by Gasteiger charge is 2.11. The Labute approximate surface area is 130 Å². The van der Waals surface area contributed by atoms with Crippen molar-refractivity contribution < 1.29 is 4.79 Å². The van der Waals surface area contributed by atoms with Gasteiger partial charge in [-0.15, -0.1) is 0 Å². The quantitative estimate of drug-likeness (QED) is 0.792. The molecule has 0 radical (unpaired) electrons. The number of hydrogen-bond acceptors (Lipinski definition) is 3. The molecule has 0 unspecified atom stereocenters. The molecular weight excluding hydrogens is 332 g/mol. The maximum Gasteiger partial charge on any atom is 0.255 e. The molecule has 0 aliphatic heterocycles. The Morgan fingerprint density at radius 1 is 1.29 bits per heavy atom. The number of carbonyl (C=O) groups excluding carboxylic acids is 1. The highest BCUT2D eigenvalue weighted by molar-refractivity contribution is 9.10. The number of aryl methyl sites for hydroxylation is 1. The van der Waals surface area contributed by atoms with Crippen LogP contribution in [0.2, 0.25) is 0 Å². The van der Waals surface area contributed by atoms with Gasteiger partial charge in [-0.3, -0.25) is 4.79 Å². The first-order chi connectivity index (χ1) is 10.2. The normalized spacial score (nSPS) is 10.8. The zero-order chi connectivity index (χ0) is 14.8. The Morgan fingerprint density at radius 3 is 2.76 bits per heavy atom. The fraction of sp³-hybridized carbons (Fsp3) is 0.133. The van der Waals surface area contributed by atoms with Crippen LogP contribution in [0, 0.1) is 0 Å². The first-order valence-electron chi connectivity index (χ1n) is 6.58. The standard InChI is InChI=1S/C15H13BrN4O/c1-2-13-18-14-12(4-3-9-20(14)19-13)17-15(21)10-5-7-11(16)8-6-10/h3-9H,2H2,1H3,(H,17,21). The molecule has 0 saturated heterocycles. The van der Waals surface area contributed by atoms with E-state index >= 15 is 0 Å². The number of nitrogens with one attached hydrogen (secondary N) is 1. The zero-order valence-electron chi connectivity index (χ0n) is 11.4. The van der Waals surface area contributed by atoms with Gasteiger partial charge in [0.2, 0.25) is 0 Å². The molecule has 106 valence electrons. The summed E-state index contributed by atoms with van der Waals surface area (Å²) in [7, 11) is 0. The van der Waals surface area contributed by atoms with E-state index in [-0.39, 0.29) is 5.91 Å². The minimum absolute atomic E-state index is 0.170. The fourth-order valence-corrected chi connectivity index (χ4v) is 2.26. The topological polar surface area (TPSA) is 59.3 Å². The predicted molar refractivity (Wildman–Crippen MR) is 84.5 cm³/mol. The van der Waals surface area contributed by atoms with E-state index in [2.05, 4.69) is 31.3 Å². The summed E-state index contributed by atoms with van der Waals surface area (Å²) >= 11 is 3.35. The summed E-state index contributed by atoms with van der Waals surface area (Å²) in [5.74, 6) is 0.581. The monoisotopic (exact) mass is 344 g/mol. The highest BCUT2D eigenvalue weighted by Crippen LogP contribution is 2.17. The molecule has 0 spiro atoms. The van der Waals surface area contributed by atoms with Crippen molar-refractivity contribution >= 4 is 33.2 Å². The van der Waals surface area contributed by atoms with Crippen molar-refractivity contribution in [2.45, 2.75) is 13.3 Å². The van der Waals surface area contributed by atoms with Crippen molar-refractivity contribution in [3.63, 3.8) is 0 Å². The lowest BCUT2D eigenvalue weighted by molar-refractivity contribution is 0.102. The highest BCUT2D eigenvalue weighted by atomic mass is 79.9. The Kier molecular flexibility index (Phi) is 3.70. The molecule has 3 aromatic rings. The van der Waals surface area contributed by atoms with Crippen LogP contribution >= 0.6 is 15.9 Å². The summed E-state index contributed by atoms with van der Waals surface area (Å²) in [6, 6.07) is 10.9. The Balaban J connectivity index is 1.92. The summed E-state index contributed by atoms with van der Waals surface area (Å²) in [6.45, 7) is 1.99. The van der Waals surface area contributed by atoms with Crippen molar-refractivity contribution in [1.29, 1.82) is 0 Å². The number of hydrogen-bond donors (Lipinski definition) is 1. The van der Waals surface area contributed by atoms with Gasteiger partial charge in [-0.05, 0) is 36.4 Å². The van der Waals surface area contributed by atoms with Crippen LogP contribution < -0.4 is 5.32 Å². The molecule has 1 amide bonds. The van der Waals surface area contributed by atoms with Gasteiger partial charge in [-0.1, -0.05) is 22.9 Å². The smallest absolute Gasteiger partial charge is 0.255 e. The number of anilines is 1. The minimum atomic E-state index is -0.170.